The summed E-state index contributed by atoms with van der Waals surface area (Å²) in [6.07, 6.45) is 0. The SMILES string of the molecule is c1ccc(-c2ccc(-c3nc(-c4ccccc4)nn3Cc3ccc4sc5ccc6c(-c7ccccc7)nc7ccccc7c6c5c4c3)cc2)cc1. The summed E-state index contributed by atoms with van der Waals surface area (Å²) < 4.78 is 4.60. The molecule has 0 atom stereocenters. The third kappa shape index (κ3) is 5.18. The largest absolute Gasteiger partial charge is 0.247 e. The molecule has 51 heavy (non-hydrogen) atoms. The lowest BCUT2D eigenvalue weighted by Crippen LogP contribution is -2.04. The van der Waals surface area contributed by atoms with Crippen LogP contribution < -0.4 is 0 Å². The van der Waals surface area contributed by atoms with Crippen LogP contribution in [0.1, 0.15) is 5.56 Å². The minimum absolute atomic E-state index is 0.589. The summed E-state index contributed by atoms with van der Waals surface area (Å²) in [7, 11) is 0. The molecule has 0 saturated heterocycles. The molecule has 0 aliphatic heterocycles. The van der Waals surface area contributed by atoms with Gasteiger partial charge in [-0.25, -0.2) is 14.6 Å². The van der Waals surface area contributed by atoms with Crippen LogP contribution in [0.3, 0.4) is 0 Å². The first kappa shape index (κ1) is 29.5. The summed E-state index contributed by atoms with van der Waals surface area (Å²) in [5.74, 6) is 1.57. The molecule has 0 saturated carbocycles. The second-order valence-corrected chi connectivity index (χ2v) is 13.9. The molecule has 0 amide bonds. The van der Waals surface area contributed by atoms with E-state index < -0.39 is 0 Å². The van der Waals surface area contributed by atoms with Crippen LogP contribution in [0, 0.1) is 0 Å². The number of fused-ring (bicyclic) bond motifs is 7. The van der Waals surface area contributed by atoms with Crippen LogP contribution in [0.15, 0.2) is 170 Å². The summed E-state index contributed by atoms with van der Waals surface area (Å²) >= 11 is 1.85. The molecule has 0 radical (unpaired) electrons. The first-order valence-corrected chi connectivity index (χ1v) is 18.0. The molecule has 4 nitrogen and oxygen atoms in total. The molecule has 0 spiro atoms. The molecule has 5 heteroatoms. The fraction of sp³-hybridized carbons (Fsp3) is 0.0217. The van der Waals surface area contributed by atoms with Crippen LogP contribution in [0.5, 0.6) is 0 Å². The number of pyridine rings is 1. The zero-order valence-corrected chi connectivity index (χ0v) is 28.4. The van der Waals surface area contributed by atoms with Gasteiger partial charge in [0, 0.05) is 53.0 Å². The number of hydrogen-bond acceptors (Lipinski definition) is 4. The highest BCUT2D eigenvalue weighted by Gasteiger charge is 2.18. The van der Waals surface area contributed by atoms with Gasteiger partial charge in [0.05, 0.1) is 17.8 Å². The van der Waals surface area contributed by atoms with Gasteiger partial charge in [-0.2, -0.15) is 5.10 Å². The van der Waals surface area contributed by atoms with Gasteiger partial charge >= 0.3 is 0 Å². The fourth-order valence-corrected chi connectivity index (χ4v) is 8.36. The van der Waals surface area contributed by atoms with E-state index in [0.717, 1.165) is 39.5 Å². The second-order valence-electron chi connectivity index (χ2n) is 12.9. The van der Waals surface area contributed by atoms with Crippen LogP contribution in [0.25, 0.3) is 87.0 Å². The van der Waals surface area contributed by atoms with E-state index in [0.29, 0.717) is 6.54 Å². The van der Waals surface area contributed by atoms with E-state index >= 15 is 0 Å². The van der Waals surface area contributed by atoms with Crippen LogP contribution in [0.4, 0.5) is 0 Å². The first-order valence-electron chi connectivity index (χ1n) is 17.1. The third-order valence-electron chi connectivity index (χ3n) is 9.69. The van der Waals surface area contributed by atoms with Crippen molar-refractivity contribution in [1.29, 1.82) is 0 Å². The molecule has 0 unspecified atom stereocenters. The molecule has 7 aromatic carbocycles. The van der Waals surface area contributed by atoms with Gasteiger partial charge in [0.2, 0.25) is 0 Å². The Morgan fingerprint density at radius 2 is 1.08 bits per heavy atom. The average molecular weight is 671 g/mol. The summed E-state index contributed by atoms with van der Waals surface area (Å²) in [5.41, 5.74) is 8.72. The van der Waals surface area contributed by atoms with E-state index in [1.807, 2.05) is 35.6 Å². The van der Waals surface area contributed by atoms with Gasteiger partial charge in [-0.05, 0) is 41.0 Å². The van der Waals surface area contributed by atoms with Crippen molar-refractivity contribution < 1.29 is 0 Å². The van der Waals surface area contributed by atoms with Gasteiger partial charge in [0.15, 0.2) is 11.6 Å². The van der Waals surface area contributed by atoms with Gasteiger partial charge < -0.3 is 0 Å². The zero-order chi connectivity index (χ0) is 33.7. The summed E-state index contributed by atoms with van der Waals surface area (Å²) in [4.78, 5) is 10.3. The normalized spacial score (nSPS) is 11.6. The summed E-state index contributed by atoms with van der Waals surface area (Å²) in [5, 5.41) is 11.2. The van der Waals surface area contributed by atoms with Gasteiger partial charge in [0.1, 0.15) is 0 Å². The van der Waals surface area contributed by atoms with E-state index in [4.69, 9.17) is 15.1 Å². The molecule has 0 bridgehead atoms. The highest BCUT2D eigenvalue weighted by molar-refractivity contribution is 7.26. The summed E-state index contributed by atoms with van der Waals surface area (Å²) in [6.45, 7) is 0.589. The van der Waals surface area contributed by atoms with Crippen LogP contribution in [0.2, 0.25) is 0 Å². The standard InChI is InChI=1S/C46H30N4S/c1-4-12-31(13-5-1)32-21-23-35(24-22-32)46-48-45(34-16-8-3-9-17-34)49-50(46)29-30-20-26-40-38(28-30)43-41(51-40)27-25-37-42(43)36-18-10-11-19-39(36)47-44(37)33-14-6-2-7-15-33/h1-28H,29H2. The van der Waals surface area contributed by atoms with E-state index in [9.17, 15) is 0 Å². The molecule has 3 heterocycles. The van der Waals surface area contributed by atoms with Crippen molar-refractivity contribution in [2.75, 3.05) is 0 Å². The first-order chi connectivity index (χ1) is 25.3. The number of nitrogens with zero attached hydrogens (tertiary/aromatic N) is 4. The van der Waals surface area contributed by atoms with Crippen molar-refractivity contribution >= 4 is 53.2 Å². The Balaban J connectivity index is 1.13. The number of para-hydroxylation sites is 1. The number of aromatic nitrogens is 4. The molecule has 10 aromatic rings. The van der Waals surface area contributed by atoms with E-state index in [2.05, 4.69) is 150 Å². The minimum atomic E-state index is 0.589. The average Bonchev–Trinajstić information content (AvgIpc) is 3.80. The Morgan fingerprint density at radius 3 is 1.84 bits per heavy atom. The maximum Gasteiger partial charge on any atom is 0.181 e. The fourth-order valence-electron chi connectivity index (χ4n) is 7.26. The van der Waals surface area contributed by atoms with Gasteiger partial charge in [0.25, 0.3) is 0 Å². The molecule has 0 fully saturated rings. The van der Waals surface area contributed by atoms with Gasteiger partial charge in [-0.3, -0.25) is 0 Å². The molecular formula is C46H30N4S. The zero-order valence-electron chi connectivity index (χ0n) is 27.6. The maximum atomic E-state index is 5.19. The lowest BCUT2D eigenvalue weighted by molar-refractivity contribution is 0.696. The van der Waals surface area contributed by atoms with E-state index in [1.54, 1.807) is 0 Å². The quantitative estimate of drug-likeness (QED) is 0.165. The minimum Gasteiger partial charge on any atom is -0.247 e. The van der Waals surface area contributed by atoms with Crippen LogP contribution in [-0.4, -0.2) is 19.7 Å². The maximum absolute atomic E-state index is 5.19. The van der Waals surface area contributed by atoms with Crippen molar-refractivity contribution in [3.8, 4) is 45.2 Å². The number of rotatable bonds is 6. The molecule has 240 valence electrons. The molecule has 0 N–H and O–H groups in total. The smallest absolute Gasteiger partial charge is 0.181 e. The van der Waals surface area contributed by atoms with Crippen LogP contribution in [-0.2, 0) is 6.54 Å². The Hall–Kier alpha value is -6.43. The third-order valence-corrected chi connectivity index (χ3v) is 10.8. The topological polar surface area (TPSA) is 43.6 Å². The Kier molecular flexibility index (Phi) is 7.03. The number of thiophene rings is 1. The Bertz CT molecular complexity index is 2860. The monoisotopic (exact) mass is 670 g/mol. The molecule has 3 aromatic heterocycles. The Labute approximate surface area is 298 Å². The number of benzene rings is 7. The predicted molar refractivity (Wildman–Crippen MR) is 213 cm³/mol. The Morgan fingerprint density at radius 1 is 0.451 bits per heavy atom. The van der Waals surface area contributed by atoms with Crippen LogP contribution >= 0.6 is 11.3 Å². The van der Waals surface area contributed by atoms with Gasteiger partial charge in [-0.15, -0.1) is 11.3 Å². The number of hydrogen-bond donors (Lipinski definition) is 0. The highest BCUT2D eigenvalue weighted by Crippen LogP contribution is 2.43. The lowest BCUT2D eigenvalue weighted by atomic mass is 9.96. The van der Waals surface area contributed by atoms with Crippen molar-refractivity contribution in [3.05, 3.63) is 175 Å². The molecule has 0 aliphatic rings. The van der Waals surface area contributed by atoms with Gasteiger partial charge in [-0.1, -0.05) is 146 Å². The predicted octanol–water partition coefficient (Wildman–Crippen LogP) is 12.1. The molecular weight excluding hydrogens is 641 g/mol. The van der Waals surface area contributed by atoms with Crippen molar-refractivity contribution in [1.82, 2.24) is 19.7 Å². The highest BCUT2D eigenvalue weighted by atomic mass is 32.1. The second kappa shape index (κ2) is 12.2. The van der Waals surface area contributed by atoms with Crippen molar-refractivity contribution in [2.45, 2.75) is 6.54 Å². The molecule has 10 rings (SSSR count). The van der Waals surface area contributed by atoms with Crippen molar-refractivity contribution in [2.24, 2.45) is 0 Å². The van der Waals surface area contributed by atoms with Crippen molar-refractivity contribution in [3.63, 3.8) is 0 Å². The lowest BCUT2D eigenvalue weighted by Gasteiger charge is -2.12. The van der Waals surface area contributed by atoms with E-state index in [1.165, 1.54) is 53.0 Å². The van der Waals surface area contributed by atoms with E-state index in [-0.39, 0.29) is 0 Å². The molecule has 0 aliphatic carbocycles. The summed E-state index contributed by atoms with van der Waals surface area (Å²) in [6, 6.07) is 59.8.